The predicted octanol–water partition coefficient (Wildman–Crippen LogP) is 9.80. The van der Waals surface area contributed by atoms with Crippen LogP contribution in [0.25, 0.3) is 22.4 Å². The van der Waals surface area contributed by atoms with Crippen molar-refractivity contribution in [2.75, 3.05) is 71.4 Å². The third-order valence-electron chi connectivity index (χ3n) is 14.8. The predicted molar refractivity (Wildman–Crippen MR) is 299 cm³/mol. The number of hydrogen-bond donors (Lipinski definition) is 5. The van der Waals surface area contributed by atoms with Crippen LogP contribution in [-0.2, 0) is 26.9 Å². The number of nitrogens with zero attached hydrogens (tertiary/aromatic N) is 4. The van der Waals surface area contributed by atoms with Gasteiger partial charge in [-0.25, -0.2) is 16.8 Å². The van der Waals surface area contributed by atoms with Crippen LogP contribution in [0, 0.1) is 6.92 Å². The number of likely N-dealkylation sites (tertiary alicyclic amines) is 1. The Labute approximate surface area is 457 Å². The molecular formula is C56H63ClF3N7O7S3. The molecule has 2 aliphatic heterocycles. The molecule has 1 saturated carbocycles. The van der Waals surface area contributed by atoms with Gasteiger partial charge in [-0.15, -0.1) is 11.8 Å². The van der Waals surface area contributed by atoms with Gasteiger partial charge in [0.2, 0.25) is 0 Å². The van der Waals surface area contributed by atoms with Crippen LogP contribution in [0.5, 0.6) is 0 Å². The normalized spacial score (nSPS) is 19.2. The largest absolute Gasteiger partial charge is 0.501 e. The summed E-state index contributed by atoms with van der Waals surface area (Å²) >= 11 is 7.75. The monoisotopic (exact) mass is 1130 g/mol. The number of hydrogen-bond acceptors (Lipinski definition) is 12. The number of nitrogens with one attached hydrogen (secondary N) is 3. The molecule has 5 aromatic carbocycles. The Kier molecular flexibility index (Phi) is 16.7. The van der Waals surface area contributed by atoms with E-state index < -0.39 is 52.9 Å². The molecule has 9 rings (SSSR count). The van der Waals surface area contributed by atoms with E-state index >= 15 is 0 Å². The number of piperazine rings is 1. The van der Waals surface area contributed by atoms with Crippen molar-refractivity contribution >= 4 is 71.9 Å². The molecule has 1 atom stereocenters. The number of aliphatic hydroxyl groups is 2. The molecule has 1 aromatic heterocycles. The lowest BCUT2D eigenvalue weighted by atomic mass is 9.77. The molecule has 14 nitrogen and oxygen atoms in total. The van der Waals surface area contributed by atoms with E-state index in [2.05, 4.69) is 36.1 Å². The summed E-state index contributed by atoms with van der Waals surface area (Å²) in [6.07, 6.45) is 2.18. The number of anilines is 4. The van der Waals surface area contributed by atoms with Crippen LogP contribution in [0.15, 0.2) is 136 Å². The van der Waals surface area contributed by atoms with Crippen LogP contribution < -0.4 is 25.2 Å². The Morgan fingerprint density at radius 2 is 1.47 bits per heavy atom. The number of sulfone groups is 1. The van der Waals surface area contributed by atoms with Gasteiger partial charge in [0.05, 0.1) is 33.5 Å². The van der Waals surface area contributed by atoms with Gasteiger partial charge in [0.15, 0.2) is 0 Å². The Balaban J connectivity index is 0.890. The number of aliphatic hydroxyl groups excluding tert-OH is 1. The number of piperidine rings is 1. The highest BCUT2D eigenvalue weighted by atomic mass is 35.5. The number of benzene rings is 5. The summed E-state index contributed by atoms with van der Waals surface area (Å²) in [5.41, 5.74) is -0.245. The molecule has 77 heavy (non-hydrogen) atoms. The fourth-order valence-electron chi connectivity index (χ4n) is 10.5. The van der Waals surface area contributed by atoms with Crippen LogP contribution in [0.2, 0.25) is 5.02 Å². The smallest absolute Gasteiger partial charge is 0.393 e. The van der Waals surface area contributed by atoms with Crippen LogP contribution in [0.4, 0.5) is 35.9 Å². The summed E-state index contributed by atoms with van der Waals surface area (Å²) in [6.45, 7) is 8.02. The quantitative estimate of drug-likeness (QED) is 0.0516. The molecule has 0 bridgehead atoms. The Morgan fingerprint density at radius 3 is 2.10 bits per heavy atom. The Morgan fingerprint density at radius 1 is 0.818 bits per heavy atom. The number of rotatable bonds is 18. The molecule has 410 valence electrons. The molecule has 1 amide bonds. The molecule has 21 heteroatoms. The zero-order valence-electron chi connectivity index (χ0n) is 42.9. The van der Waals surface area contributed by atoms with Gasteiger partial charge in [-0.05, 0) is 136 Å². The fourth-order valence-corrected chi connectivity index (χ4v) is 13.7. The van der Waals surface area contributed by atoms with E-state index in [0.29, 0.717) is 100 Å². The molecule has 0 unspecified atom stereocenters. The number of halogens is 4. The van der Waals surface area contributed by atoms with E-state index in [-0.39, 0.29) is 23.3 Å². The van der Waals surface area contributed by atoms with Gasteiger partial charge >= 0.3 is 5.51 Å². The summed E-state index contributed by atoms with van der Waals surface area (Å²) in [5.74, 6) is 0.159. The maximum atomic E-state index is 14.3. The SMILES string of the molecule is Cc1c(C(=O)NC2CC(C)(O)C2)c(-c2cccc(N3CCN(c4ccc(NS(=O)(=O)c5ccc(N[C@H](CCN6CCC(O)CC6)CSc6ccccc6)c(S(=O)(=O)C(F)(F)F)c5)cc4)CC3)c2)c(-c2ccc(Cl)cc2)n1C. The average Bonchev–Trinajstić information content (AvgIpc) is 3.66. The fraction of sp³-hybridized carbons (Fsp3) is 0.375. The molecule has 6 aromatic rings. The second-order valence-electron chi connectivity index (χ2n) is 20.4. The van der Waals surface area contributed by atoms with Gasteiger partial charge in [-0.1, -0.05) is 54.1 Å². The number of carbonyl (C=O) groups is 1. The van der Waals surface area contributed by atoms with E-state index in [1.54, 1.807) is 31.2 Å². The van der Waals surface area contributed by atoms with Crippen molar-refractivity contribution in [2.24, 2.45) is 7.05 Å². The zero-order chi connectivity index (χ0) is 54.9. The number of sulfonamides is 1. The summed E-state index contributed by atoms with van der Waals surface area (Å²) in [6, 6.07) is 33.7. The number of aromatic nitrogens is 1. The number of alkyl halides is 3. The van der Waals surface area contributed by atoms with Crippen LogP contribution in [0.3, 0.4) is 0 Å². The Bertz CT molecular complexity index is 3290. The van der Waals surface area contributed by atoms with Crippen molar-refractivity contribution in [3.8, 4) is 22.4 Å². The summed E-state index contributed by atoms with van der Waals surface area (Å²) in [7, 11) is -8.69. The lowest BCUT2D eigenvalue weighted by Crippen LogP contribution is -2.53. The van der Waals surface area contributed by atoms with Crippen molar-refractivity contribution < 1.29 is 45.0 Å². The van der Waals surface area contributed by atoms with Crippen molar-refractivity contribution in [3.63, 3.8) is 0 Å². The average molecular weight is 1130 g/mol. The van der Waals surface area contributed by atoms with Crippen molar-refractivity contribution in [1.82, 2.24) is 14.8 Å². The molecule has 3 aliphatic rings. The first-order chi connectivity index (χ1) is 36.5. The van der Waals surface area contributed by atoms with E-state index in [1.807, 2.05) is 91.3 Å². The van der Waals surface area contributed by atoms with Crippen LogP contribution in [-0.4, -0.2) is 123 Å². The van der Waals surface area contributed by atoms with E-state index in [1.165, 1.54) is 11.8 Å². The lowest BCUT2D eigenvalue weighted by Gasteiger charge is -2.41. The minimum Gasteiger partial charge on any atom is -0.393 e. The maximum Gasteiger partial charge on any atom is 0.501 e. The maximum absolute atomic E-state index is 14.3. The van der Waals surface area contributed by atoms with E-state index in [4.69, 9.17) is 11.6 Å². The minimum atomic E-state index is -6.03. The third kappa shape index (κ3) is 12.9. The van der Waals surface area contributed by atoms with Crippen molar-refractivity contribution in [1.29, 1.82) is 0 Å². The second kappa shape index (κ2) is 22.9. The standard InChI is InChI=1S/C56H63ClF3N7O7S3/c1-37-51(54(69)62-43-34-55(2,70)35-43)52(53(64(37)3)38-12-14-40(57)15-13-38)39-8-7-9-45(32-39)67-30-28-66(29-31-67)44-18-16-41(17-19-44)63-77(73,74)48-20-21-49(50(33-48)76(71,72)56(58,59)60)61-42(36-75-47-10-5-4-6-11-47)22-25-65-26-23-46(68)24-27-65/h4-21,32-33,42-43,46,61,63,68,70H,22-31,34-36H2,1-3H3,(H,62,69)/t42-,43?,55?/m1/s1. The molecule has 3 fully saturated rings. The molecular weight excluding hydrogens is 1070 g/mol. The van der Waals surface area contributed by atoms with Crippen LogP contribution >= 0.6 is 23.4 Å². The lowest BCUT2D eigenvalue weighted by molar-refractivity contribution is -0.0436. The van der Waals surface area contributed by atoms with Gasteiger partial charge in [0, 0.05) is 109 Å². The second-order valence-corrected chi connectivity index (χ2v) is 25.6. The third-order valence-corrected chi connectivity index (χ3v) is 19.1. The molecule has 3 heterocycles. The van der Waals surface area contributed by atoms with Gasteiger partial charge in [0.25, 0.3) is 25.8 Å². The highest BCUT2D eigenvalue weighted by molar-refractivity contribution is 7.99. The van der Waals surface area contributed by atoms with Crippen molar-refractivity contribution in [2.45, 2.75) is 89.9 Å². The molecule has 0 radical (unpaired) electrons. The van der Waals surface area contributed by atoms with E-state index in [9.17, 15) is 45.0 Å². The highest BCUT2D eigenvalue weighted by Gasteiger charge is 2.48. The highest BCUT2D eigenvalue weighted by Crippen LogP contribution is 2.42. The summed E-state index contributed by atoms with van der Waals surface area (Å²) in [4.78, 5) is 19.7. The number of thioether (sulfide) groups is 1. The number of amides is 1. The molecule has 5 N–H and O–H groups in total. The van der Waals surface area contributed by atoms with Crippen molar-refractivity contribution in [3.05, 3.63) is 138 Å². The first-order valence-corrected chi connectivity index (χ1v) is 29.9. The minimum absolute atomic E-state index is 0.122. The first kappa shape index (κ1) is 56.0. The van der Waals surface area contributed by atoms with Gasteiger partial charge < -0.3 is 40.1 Å². The van der Waals surface area contributed by atoms with Gasteiger partial charge in [0.1, 0.15) is 4.90 Å². The van der Waals surface area contributed by atoms with E-state index in [0.717, 1.165) is 56.5 Å². The van der Waals surface area contributed by atoms with Gasteiger partial charge in [-0.3, -0.25) is 9.52 Å². The molecule has 0 spiro atoms. The summed E-state index contributed by atoms with van der Waals surface area (Å²) in [5, 5.41) is 27.2. The molecule has 2 saturated heterocycles. The number of carbonyl (C=O) groups excluding carboxylic acids is 1. The van der Waals surface area contributed by atoms with Gasteiger partial charge in [-0.2, -0.15) is 13.2 Å². The Hall–Kier alpha value is -5.74. The first-order valence-electron chi connectivity index (χ1n) is 25.6. The zero-order valence-corrected chi connectivity index (χ0v) is 46.1. The van der Waals surface area contributed by atoms with Crippen LogP contribution in [0.1, 0.15) is 55.1 Å². The molecule has 1 aliphatic carbocycles. The topological polar surface area (TPSA) is 177 Å². The summed E-state index contributed by atoms with van der Waals surface area (Å²) < 4.78 is 102.